The van der Waals surface area contributed by atoms with E-state index in [0.29, 0.717) is 27.1 Å². The molecule has 0 radical (unpaired) electrons. The quantitative estimate of drug-likeness (QED) is 0.769. The number of anilines is 1. The summed E-state index contributed by atoms with van der Waals surface area (Å²) < 4.78 is 3.59. The van der Waals surface area contributed by atoms with E-state index in [0.717, 1.165) is 0 Å². The van der Waals surface area contributed by atoms with Gasteiger partial charge >= 0.3 is 0 Å². The molecule has 0 atom stereocenters. The van der Waals surface area contributed by atoms with E-state index in [1.165, 1.54) is 10.9 Å². The maximum absolute atomic E-state index is 5.86. The van der Waals surface area contributed by atoms with Crippen LogP contribution >= 0.6 is 27.5 Å². The second-order valence-electron chi connectivity index (χ2n) is 3.60. The second kappa shape index (κ2) is 4.63. The van der Waals surface area contributed by atoms with Gasteiger partial charge in [0.2, 0.25) is 0 Å². The zero-order valence-corrected chi connectivity index (χ0v) is 11.7. The van der Waals surface area contributed by atoms with Crippen LogP contribution in [-0.2, 0) is 0 Å². The number of aromatic nitrogens is 6. The fraction of sp³-hybridized carbons (Fsp3) is 0. The second-order valence-corrected chi connectivity index (χ2v) is 4.83. The van der Waals surface area contributed by atoms with Gasteiger partial charge in [0.05, 0.1) is 17.4 Å². The van der Waals surface area contributed by atoms with Crippen LogP contribution in [0.3, 0.4) is 0 Å². The maximum Gasteiger partial charge on any atom is 0.254 e. The highest BCUT2D eigenvalue weighted by atomic mass is 79.9. The van der Waals surface area contributed by atoms with E-state index < -0.39 is 0 Å². The fourth-order valence-corrected chi connectivity index (χ4v) is 1.99. The molecule has 0 aromatic carbocycles. The summed E-state index contributed by atoms with van der Waals surface area (Å²) in [6, 6.07) is 1.79. The van der Waals surface area contributed by atoms with Gasteiger partial charge in [0.25, 0.3) is 5.95 Å². The summed E-state index contributed by atoms with van der Waals surface area (Å²) in [7, 11) is 0. The Bertz CT molecular complexity index is 722. The number of nitrogen functional groups attached to an aromatic ring is 1. The molecule has 0 aliphatic heterocycles. The average Bonchev–Trinajstić information content (AvgIpc) is 3.03. The van der Waals surface area contributed by atoms with Gasteiger partial charge in [0.1, 0.15) is 10.3 Å². The Morgan fingerprint density at radius 2 is 2.05 bits per heavy atom. The number of rotatable bonds is 2. The molecule has 0 unspecified atom stereocenters. The minimum absolute atomic E-state index is 0.294. The molecule has 3 aromatic heterocycles. The van der Waals surface area contributed by atoms with E-state index in [1.807, 2.05) is 0 Å². The molecule has 0 saturated carbocycles. The molecule has 9 heteroatoms. The van der Waals surface area contributed by atoms with Crippen molar-refractivity contribution in [2.24, 2.45) is 0 Å². The minimum Gasteiger partial charge on any atom is -0.383 e. The first kappa shape index (κ1) is 12.1. The maximum atomic E-state index is 5.86. The Morgan fingerprint density at radius 1 is 1.21 bits per heavy atom. The molecule has 2 N–H and O–H groups in total. The number of hydrogen-bond acceptors (Lipinski definition) is 5. The monoisotopic (exact) mass is 339 g/mol. The lowest BCUT2D eigenvalue weighted by molar-refractivity contribution is 0.773. The molecule has 0 spiro atoms. The largest absolute Gasteiger partial charge is 0.383 e. The van der Waals surface area contributed by atoms with E-state index in [9.17, 15) is 0 Å². The van der Waals surface area contributed by atoms with Crippen molar-refractivity contribution in [1.29, 1.82) is 0 Å². The van der Waals surface area contributed by atoms with E-state index in [1.54, 1.807) is 29.3 Å². The summed E-state index contributed by atoms with van der Waals surface area (Å²) in [5.41, 5.74) is 5.86. The van der Waals surface area contributed by atoms with Crippen LogP contribution in [0.25, 0.3) is 11.8 Å². The zero-order valence-electron chi connectivity index (χ0n) is 9.40. The van der Waals surface area contributed by atoms with Crippen molar-refractivity contribution in [3.05, 3.63) is 40.3 Å². The van der Waals surface area contributed by atoms with Crippen LogP contribution in [0.15, 0.2) is 35.3 Å². The van der Waals surface area contributed by atoms with Crippen molar-refractivity contribution in [3.8, 4) is 11.8 Å². The summed E-state index contributed by atoms with van der Waals surface area (Å²) in [5.74, 6) is 1.14. The molecule has 19 heavy (non-hydrogen) atoms. The average molecular weight is 341 g/mol. The third-order valence-corrected chi connectivity index (χ3v) is 3.28. The molecule has 0 aliphatic rings. The predicted molar refractivity (Wildman–Crippen MR) is 73.4 cm³/mol. The van der Waals surface area contributed by atoms with E-state index in [4.69, 9.17) is 17.3 Å². The highest BCUT2D eigenvalue weighted by Gasteiger charge is 2.13. The van der Waals surface area contributed by atoms with Crippen molar-refractivity contribution in [2.75, 3.05) is 5.73 Å². The molecule has 7 nitrogen and oxygen atoms in total. The molecule has 3 heterocycles. The first-order valence-electron chi connectivity index (χ1n) is 5.19. The summed E-state index contributed by atoms with van der Waals surface area (Å²) in [6.07, 6.45) is 6.50. The van der Waals surface area contributed by atoms with Crippen LogP contribution < -0.4 is 5.73 Å². The first-order valence-corrected chi connectivity index (χ1v) is 6.36. The number of nitrogens with zero attached hydrogens (tertiary/aromatic N) is 6. The van der Waals surface area contributed by atoms with E-state index in [-0.39, 0.29) is 0 Å². The summed E-state index contributed by atoms with van der Waals surface area (Å²) in [5, 5.41) is 8.64. The van der Waals surface area contributed by atoms with Gasteiger partial charge in [-0.25, -0.2) is 9.36 Å². The summed E-state index contributed by atoms with van der Waals surface area (Å²) in [4.78, 5) is 8.51. The van der Waals surface area contributed by atoms with Crippen molar-refractivity contribution in [3.63, 3.8) is 0 Å². The smallest absolute Gasteiger partial charge is 0.254 e. The van der Waals surface area contributed by atoms with Gasteiger partial charge in [0.15, 0.2) is 5.82 Å². The molecule has 3 rings (SSSR count). The molecule has 0 bridgehead atoms. The Kier molecular flexibility index (Phi) is 2.96. The third-order valence-electron chi connectivity index (χ3n) is 2.32. The zero-order chi connectivity index (χ0) is 13.4. The van der Waals surface area contributed by atoms with Crippen LogP contribution in [0.4, 0.5) is 5.82 Å². The lowest BCUT2D eigenvalue weighted by Gasteiger charge is -2.08. The van der Waals surface area contributed by atoms with Crippen LogP contribution in [0.5, 0.6) is 0 Å². The Morgan fingerprint density at radius 3 is 2.68 bits per heavy atom. The van der Waals surface area contributed by atoms with Gasteiger partial charge in [-0.3, -0.25) is 0 Å². The minimum atomic E-state index is 0.294. The predicted octanol–water partition coefficient (Wildman–Crippen LogP) is 1.85. The van der Waals surface area contributed by atoms with Crippen molar-refractivity contribution in [1.82, 2.24) is 29.5 Å². The third kappa shape index (κ3) is 2.20. The van der Waals surface area contributed by atoms with Gasteiger partial charge < -0.3 is 5.73 Å². The van der Waals surface area contributed by atoms with Gasteiger partial charge in [-0.05, 0) is 22.0 Å². The summed E-state index contributed by atoms with van der Waals surface area (Å²) in [6.45, 7) is 0. The number of nitrogens with two attached hydrogens (primary N) is 1. The highest BCUT2D eigenvalue weighted by Crippen LogP contribution is 2.24. The molecule has 3 aromatic rings. The normalized spacial score (nSPS) is 10.8. The SMILES string of the molecule is Nc1nc(-n2cc(Cl)cn2)nc(-n2cccn2)c1Br. The van der Waals surface area contributed by atoms with Crippen LogP contribution in [0.1, 0.15) is 0 Å². The number of halogens is 2. The molecule has 0 aliphatic carbocycles. The lowest BCUT2D eigenvalue weighted by Crippen LogP contribution is -2.10. The van der Waals surface area contributed by atoms with Crippen molar-refractivity contribution >= 4 is 33.3 Å². The molecule has 0 fully saturated rings. The van der Waals surface area contributed by atoms with Crippen molar-refractivity contribution < 1.29 is 0 Å². The Hall–Kier alpha value is -1.93. The molecule has 0 amide bonds. The van der Waals surface area contributed by atoms with Crippen LogP contribution in [-0.4, -0.2) is 29.5 Å². The Labute approximate surface area is 121 Å². The Balaban J connectivity index is 2.18. The topological polar surface area (TPSA) is 87.4 Å². The van der Waals surface area contributed by atoms with Gasteiger partial charge in [-0.2, -0.15) is 20.2 Å². The molecular formula is C10H7BrClN7. The highest BCUT2D eigenvalue weighted by molar-refractivity contribution is 9.10. The van der Waals surface area contributed by atoms with E-state index in [2.05, 4.69) is 36.1 Å². The standard InChI is InChI=1S/C10H7BrClN7/c11-7-8(13)16-10(19-5-6(12)4-15-19)17-9(7)18-3-1-2-14-18/h1-5H,(H2,13,16,17). The van der Waals surface area contributed by atoms with Gasteiger partial charge in [-0.15, -0.1) is 0 Å². The lowest BCUT2D eigenvalue weighted by atomic mass is 10.5. The first-order chi connectivity index (χ1) is 9.15. The van der Waals surface area contributed by atoms with Crippen molar-refractivity contribution in [2.45, 2.75) is 0 Å². The van der Waals surface area contributed by atoms with Gasteiger partial charge in [0, 0.05) is 12.4 Å². The van der Waals surface area contributed by atoms with Crippen LogP contribution in [0, 0.1) is 0 Å². The fourth-order valence-electron chi connectivity index (χ4n) is 1.50. The number of hydrogen-bond donors (Lipinski definition) is 1. The van der Waals surface area contributed by atoms with E-state index >= 15 is 0 Å². The molecular weight excluding hydrogens is 334 g/mol. The molecule has 96 valence electrons. The van der Waals surface area contributed by atoms with Crippen LogP contribution in [0.2, 0.25) is 5.02 Å². The van der Waals surface area contributed by atoms with Gasteiger partial charge in [-0.1, -0.05) is 11.6 Å². The molecule has 0 saturated heterocycles. The summed E-state index contributed by atoms with van der Waals surface area (Å²) >= 11 is 9.17.